The average Bonchev–Trinajstić information content (AvgIpc) is 2.41. The molecule has 0 aliphatic heterocycles. The van der Waals surface area contributed by atoms with Crippen molar-refractivity contribution in [3.05, 3.63) is 11.8 Å². The average molecular weight is 279 g/mol. The number of aryl methyl sites for hydroxylation is 1. The van der Waals surface area contributed by atoms with E-state index >= 15 is 0 Å². The van der Waals surface area contributed by atoms with E-state index in [9.17, 15) is 4.79 Å². The molecular weight excluding hydrogens is 254 g/mol. The van der Waals surface area contributed by atoms with Crippen molar-refractivity contribution in [2.75, 3.05) is 30.3 Å². The minimum Gasteiger partial charge on any atom is -0.370 e. The Bertz CT molecular complexity index is 422. The van der Waals surface area contributed by atoms with E-state index in [4.69, 9.17) is 0 Å². The summed E-state index contributed by atoms with van der Waals surface area (Å²) in [5.74, 6) is 1.50. The zero-order valence-electron chi connectivity index (χ0n) is 12.6. The molecular formula is C14H25N5O. The van der Waals surface area contributed by atoms with E-state index < -0.39 is 0 Å². The molecule has 112 valence electrons. The molecule has 3 N–H and O–H groups in total. The predicted molar refractivity (Wildman–Crippen MR) is 82.0 cm³/mol. The Hall–Kier alpha value is -1.85. The van der Waals surface area contributed by atoms with Crippen molar-refractivity contribution in [1.29, 1.82) is 0 Å². The maximum atomic E-state index is 11.4. The number of carbonyl (C=O) groups excluding carboxylic acids is 1. The number of hydrogen-bond donors (Lipinski definition) is 3. The molecule has 0 aromatic carbocycles. The highest BCUT2D eigenvalue weighted by atomic mass is 16.1. The van der Waals surface area contributed by atoms with Gasteiger partial charge < -0.3 is 16.0 Å². The summed E-state index contributed by atoms with van der Waals surface area (Å²) in [5.41, 5.74) is 0.908. The third-order valence-corrected chi connectivity index (χ3v) is 2.70. The van der Waals surface area contributed by atoms with Gasteiger partial charge in [-0.15, -0.1) is 0 Å². The van der Waals surface area contributed by atoms with Gasteiger partial charge in [0.15, 0.2) is 0 Å². The highest BCUT2D eigenvalue weighted by Gasteiger charge is 2.02. The largest absolute Gasteiger partial charge is 0.370 e. The number of unbranched alkanes of at least 4 members (excludes halogenated alkanes) is 1. The summed E-state index contributed by atoms with van der Waals surface area (Å²) in [5, 5.41) is 9.15. The molecule has 1 heterocycles. The van der Waals surface area contributed by atoms with E-state index in [0.717, 1.165) is 30.9 Å². The molecule has 0 saturated heterocycles. The van der Waals surface area contributed by atoms with Gasteiger partial charge in [-0.2, -0.15) is 4.98 Å². The van der Waals surface area contributed by atoms with Crippen LogP contribution < -0.4 is 16.0 Å². The number of carbonyl (C=O) groups is 1. The van der Waals surface area contributed by atoms with Gasteiger partial charge in [-0.1, -0.05) is 13.3 Å². The fraction of sp³-hybridized carbons (Fsp3) is 0.643. The lowest BCUT2D eigenvalue weighted by atomic mass is 10.2. The Kier molecular flexibility index (Phi) is 7.39. The summed E-state index contributed by atoms with van der Waals surface area (Å²) in [6.07, 6.45) is 2.57. The lowest BCUT2D eigenvalue weighted by Crippen LogP contribution is -2.28. The number of nitrogens with zero attached hydrogens (tertiary/aromatic N) is 2. The van der Waals surface area contributed by atoms with Crippen molar-refractivity contribution in [2.45, 2.75) is 40.0 Å². The molecule has 0 aliphatic carbocycles. The van der Waals surface area contributed by atoms with Crippen LogP contribution in [0.4, 0.5) is 11.8 Å². The Balaban J connectivity index is 2.32. The molecule has 0 aliphatic rings. The predicted octanol–water partition coefficient (Wildman–Crippen LogP) is 1.94. The van der Waals surface area contributed by atoms with Gasteiger partial charge in [0, 0.05) is 37.8 Å². The highest BCUT2D eigenvalue weighted by Crippen LogP contribution is 2.08. The smallest absolute Gasteiger partial charge is 0.224 e. The molecule has 0 atom stereocenters. The number of rotatable bonds is 9. The van der Waals surface area contributed by atoms with Gasteiger partial charge in [0.05, 0.1) is 0 Å². The normalized spacial score (nSPS) is 10.2. The van der Waals surface area contributed by atoms with Crippen molar-refractivity contribution in [2.24, 2.45) is 0 Å². The standard InChI is InChI=1S/C14H25N5O/c1-4-6-7-13(20)16-8-9-17-14-18-11(3)10-12(19-14)15-5-2/h10H,4-9H2,1-3H3,(H,16,20)(H2,15,17,18,19). The van der Waals surface area contributed by atoms with E-state index in [2.05, 4.69) is 32.8 Å². The first kappa shape index (κ1) is 16.2. The molecule has 0 saturated carbocycles. The zero-order valence-corrected chi connectivity index (χ0v) is 12.6. The summed E-state index contributed by atoms with van der Waals surface area (Å²) in [6, 6.07) is 1.90. The van der Waals surface area contributed by atoms with Crippen molar-refractivity contribution in [3.8, 4) is 0 Å². The van der Waals surface area contributed by atoms with Crippen molar-refractivity contribution >= 4 is 17.7 Å². The SMILES string of the molecule is CCCCC(=O)NCCNc1nc(C)cc(NCC)n1. The third-order valence-electron chi connectivity index (χ3n) is 2.70. The quantitative estimate of drug-likeness (QED) is 0.602. The number of aromatic nitrogens is 2. The highest BCUT2D eigenvalue weighted by molar-refractivity contribution is 5.75. The van der Waals surface area contributed by atoms with E-state index in [0.29, 0.717) is 25.5 Å². The van der Waals surface area contributed by atoms with Crippen LogP contribution in [0.15, 0.2) is 6.07 Å². The van der Waals surface area contributed by atoms with E-state index in [-0.39, 0.29) is 5.91 Å². The van der Waals surface area contributed by atoms with Gasteiger partial charge >= 0.3 is 0 Å². The fourth-order valence-corrected chi connectivity index (χ4v) is 1.72. The number of nitrogens with one attached hydrogen (secondary N) is 3. The molecule has 1 amide bonds. The molecule has 0 radical (unpaired) electrons. The molecule has 0 bridgehead atoms. The topological polar surface area (TPSA) is 78.9 Å². The second-order valence-electron chi connectivity index (χ2n) is 4.63. The van der Waals surface area contributed by atoms with Crippen LogP contribution in [0.25, 0.3) is 0 Å². The van der Waals surface area contributed by atoms with Gasteiger partial charge in [-0.3, -0.25) is 4.79 Å². The lowest BCUT2D eigenvalue weighted by molar-refractivity contribution is -0.121. The summed E-state index contributed by atoms with van der Waals surface area (Å²) >= 11 is 0. The second-order valence-corrected chi connectivity index (χ2v) is 4.63. The maximum Gasteiger partial charge on any atom is 0.224 e. The number of amides is 1. The van der Waals surface area contributed by atoms with Gasteiger partial charge in [-0.25, -0.2) is 4.98 Å². The van der Waals surface area contributed by atoms with Crippen molar-refractivity contribution in [3.63, 3.8) is 0 Å². The van der Waals surface area contributed by atoms with E-state index in [1.54, 1.807) is 0 Å². The first-order valence-electron chi connectivity index (χ1n) is 7.25. The molecule has 6 nitrogen and oxygen atoms in total. The van der Waals surface area contributed by atoms with Gasteiger partial charge in [0.2, 0.25) is 11.9 Å². The summed E-state index contributed by atoms with van der Waals surface area (Å²) in [7, 11) is 0. The van der Waals surface area contributed by atoms with Crippen LogP contribution in [-0.4, -0.2) is 35.5 Å². The van der Waals surface area contributed by atoms with Crippen LogP contribution >= 0.6 is 0 Å². The van der Waals surface area contributed by atoms with E-state index in [1.807, 2.05) is 19.9 Å². The fourth-order valence-electron chi connectivity index (χ4n) is 1.72. The molecule has 1 aromatic rings. The molecule has 20 heavy (non-hydrogen) atoms. The van der Waals surface area contributed by atoms with Crippen LogP contribution in [0.2, 0.25) is 0 Å². The minimum atomic E-state index is 0.104. The Morgan fingerprint density at radius 1 is 1.20 bits per heavy atom. The molecule has 1 aromatic heterocycles. The Morgan fingerprint density at radius 2 is 2.00 bits per heavy atom. The monoisotopic (exact) mass is 279 g/mol. The van der Waals surface area contributed by atoms with Crippen LogP contribution in [0, 0.1) is 6.92 Å². The number of hydrogen-bond acceptors (Lipinski definition) is 5. The zero-order chi connectivity index (χ0) is 14.8. The Labute approximate surface area is 120 Å². The van der Waals surface area contributed by atoms with Crippen molar-refractivity contribution < 1.29 is 4.79 Å². The first-order valence-corrected chi connectivity index (χ1v) is 7.25. The van der Waals surface area contributed by atoms with Crippen LogP contribution in [0.1, 0.15) is 38.8 Å². The van der Waals surface area contributed by atoms with Gasteiger partial charge in [0.25, 0.3) is 0 Å². The van der Waals surface area contributed by atoms with Crippen LogP contribution in [-0.2, 0) is 4.79 Å². The van der Waals surface area contributed by atoms with E-state index in [1.165, 1.54) is 0 Å². The number of anilines is 2. The van der Waals surface area contributed by atoms with Gasteiger partial charge in [-0.05, 0) is 20.3 Å². The summed E-state index contributed by atoms with van der Waals surface area (Å²) in [4.78, 5) is 20.1. The molecule has 0 spiro atoms. The van der Waals surface area contributed by atoms with Gasteiger partial charge in [0.1, 0.15) is 5.82 Å². The van der Waals surface area contributed by atoms with Crippen LogP contribution in [0.3, 0.4) is 0 Å². The van der Waals surface area contributed by atoms with Crippen LogP contribution in [0.5, 0.6) is 0 Å². The lowest BCUT2D eigenvalue weighted by Gasteiger charge is -2.09. The third kappa shape index (κ3) is 6.36. The maximum absolute atomic E-state index is 11.4. The molecule has 0 unspecified atom stereocenters. The first-order chi connectivity index (χ1) is 9.65. The molecule has 6 heteroatoms. The second kappa shape index (κ2) is 9.12. The van der Waals surface area contributed by atoms with Crippen molar-refractivity contribution in [1.82, 2.24) is 15.3 Å². The summed E-state index contributed by atoms with van der Waals surface area (Å²) in [6.45, 7) is 8.05. The molecule has 0 fully saturated rings. The Morgan fingerprint density at radius 3 is 2.70 bits per heavy atom. The minimum absolute atomic E-state index is 0.104. The summed E-state index contributed by atoms with van der Waals surface area (Å²) < 4.78 is 0. The molecule has 1 rings (SSSR count).